The number of hydrogen-bond acceptors (Lipinski definition) is 3. The van der Waals surface area contributed by atoms with Gasteiger partial charge in [-0.2, -0.15) is 5.26 Å². The lowest BCUT2D eigenvalue weighted by molar-refractivity contribution is -0.139. The summed E-state index contributed by atoms with van der Waals surface area (Å²) in [6.45, 7) is 3.75. The lowest BCUT2D eigenvalue weighted by atomic mass is 10.1. The fraction of sp³-hybridized carbons (Fsp3) is 0.600. The fourth-order valence-electron chi connectivity index (χ4n) is 1.77. The van der Waals surface area contributed by atoms with Crippen molar-refractivity contribution >= 4 is 5.97 Å². The molecule has 76 valence electrons. The van der Waals surface area contributed by atoms with Gasteiger partial charge in [-0.05, 0) is 11.5 Å². The molecule has 1 aliphatic carbocycles. The maximum atomic E-state index is 10.8. The van der Waals surface area contributed by atoms with Gasteiger partial charge in [0.25, 0.3) is 0 Å². The van der Waals surface area contributed by atoms with Crippen molar-refractivity contribution in [2.75, 3.05) is 7.11 Å². The number of ether oxygens (including phenoxy) is 1. The van der Waals surface area contributed by atoms with E-state index in [1.54, 1.807) is 6.08 Å². The highest BCUT2D eigenvalue weighted by atomic mass is 16.5. The molecule has 1 unspecified atom stereocenters. The van der Waals surface area contributed by atoms with E-state index in [0.717, 1.165) is 0 Å². The second-order valence-corrected chi connectivity index (χ2v) is 4.01. The van der Waals surface area contributed by atoms with E-state index in [1.165, 1.54) is 7.11 Å². The molecule has 0 bridgehead atoms. The Kier molecular flexibility index (Phi) is 2.52. The van der Waals surface area contributed by atoms with E-state index >= 15 is 0 Å². The Hall–Kier alpha value is -1.50. The monoisotopic (exact) mass is 195 g/mol. The van der Waals surface area contributed by atoms with Crippen molar-refractivity contribution in [3.05, 3.63) is 11.8 Å². The zero-order chi connectivity index (χ0) is 10.9. The molecule has 1 saturated carbocycles. The van der Waals surface area contributed by atoms with E-state index in [2.05, 4.69) is 0 Å². The first-order chi connectivity index (χ1) is 6.45. The molecule has 0 aromatic heterocycles. The highest BCUT2D eigenvalue weighted by Crippen LogP contribution is 2.59. The maximum absolute atomic E-state index is 10.8. The minimum absolute atomic E-state index is 0.102. The third kappa shape index (κ3) is 1.58. The first-order valence-corrected chi connectivity index (χ1v) is 4.34. The van der Waals surface area contributed by atoms with Crippen LogP contribution in [0.5, 0.6) is 0 Å². The van der Waals surface area contributed by atoms with Gasteiger partial charge in [-0.15, -0.1) is 0 Å². The van der Waals surface area contributed by atoms with Crippen LogP contribution in [0.4, 0.5) is 0 Å². The average Bonchev–Trinajstić information content (AvgIpc) is 2.63. The van der Waals surface area contributed by atoms with Crippen molar-refractivity contribution in [3.8, 4) is 6.07 Å². The summed E-state index contributed by atoms with van der Waals surface area (Å²) in [6, 6.07) is 1.87. The summed E-state index contributed by atoms with van der Waals surface area (Å²) in [5.41, 5.74) is -0.271. The first kappa shape index (κ1) is 10.6. The number of rotatable bonds is 3. The SMILES string of the molecule is CO/C(C#N)=C\C1[C@@H](C(=O)O)C1(C)C. The number of nitriles is 1. The minimum atomic E-state index is -0.815. The number of hydrogen-bond donors (Lipinski definition) is 1. The van der Waals surface area contributed by atoms with E-state index in [-0.39, 0.29) is 17.1 Å². The van der Waals surface area contributed by atoms with E-state index in [4.69, 9.17) is 15.1 Å². The van der Waals surface area contributed by atoms with Gasteiger partial charge in [-0.3, -0.25) is 4.79 Å². The van der Waals surface area contributed by atoms with Gasteiger partial charge in [0.2, 0.25) is 0 Å². The van der Waals surface area contributed by atoms with Crippen molar-refractivity contribution in [2.45, 2.75) is 13.8 Å². The Labute approximate surface area is 82.8 Å². The molecule has 0 spiro atoms. The van der Waals surface area contributed by atoms with Crippen LogP contribution >= 0.6 is 0 Å². The number of aliphatic carboxylic acids is 1. The highest BCUT2D eigenvalue weighted by Gasteiger charge is 2.61. The maximum Gasteiger partial charge on any atom is 0.307 e. The number of methoxy groups -OCH3 is 1. The minimum Gasteiger partial charge on any atom is -0.487 e. The summed E-state index contributed by atoms with van der Waals surface area (Å²) in [4.78, 5) is 10.8. The largest absolute Gasteiger partial charge is 0.487 e. The van der Waals surface area contributed by atoms with Crippen LogP contribution in [-0.2, 0) is 9.53 Å². The summed E-state index contributed by atoms with van der Waals surface area (Å²) in [7, 11) is 1.40. The van der Waals surface area contributed by atoms with Gasteiger partial charge >= 0.3 is 5.97 Å². The van der Waals surface area contributed by atoms with Crippen LogP contribution in [0.25, 0.3) is 0 Å². The lowest BCUT2D eigenvalue weighted by Gasteiger charge is -1.97. The molecule has 0 heterocycles. The van der Waals surface area contributed by atoms with Crippen molar-refractivity contribution < 1.29 is 14.6 Å². The van der Waals surface area contributed by atoms with Crippen LogP contribution in [0, 0.1) is 28.6 Å². The normalized spacial score (nSPS) is 29.1. The second kappa shape index (κ2) is 3.33. The topological polar surface area (TPSA) is 70.3 Å². The zero-order valence-corrected chi connectivity index (χ0v) is 8.44. The van der Waals surface area contributed by atoms with Gasteiger partial charge < -0.3 is 9.84 Å². The van der Waals surface area contributed by atoms with E-state index in [1.807, 2.05) is 19.9 Å². The summed E-state index contributed by atoms with van der Waals surface area (Å²) in [6.07, 6.45) is 1.60. The molecule has 0 aromatic carbocycles. The smallest absolute Gasteiger partial charge is 0.307 e. The average molecular weight is 195 g/mol. The van der Waals surface area contributed by atoms with E-state index < -0.39 is 11.9 Å². The van der Waals surface area contributed by atoms with Crippen LogP contribution in [0.1, 0.15) is 13.8 Å². The molecule has 0 aromatic rings. The zero-order valence-electron chi connectivity index (χ0n) is 8.44. The van der Waals surface area contributed by atoms with Gasteiger partial charge in [-0.1, -0.05) is 13.8 Å². The number of allylic oxidation sites excluding steroid dienone is 2. The van der Waals surface area contributed by atoms with Gasteiger partial charge in [0.05, 0.1) is 13.0 Å². The number of nitrogens with zero attached hydrogens (tertiary/aromatic N) is 1. The van der Waals surface area contributed by atoms with Crippen LogP contribution in [0.2, 0.25) is 0 Å². The molecule has 0 saturated heterocycles. The van der Waals surface area contributed by atoms with Gasteiger partial charge in [0.1, 0.15) is 6.07 Å². The molecule has 1 aliphatic rings. The summed E-state index contributed by atoms with van der Waals surface area (Å²) in [5.74, 6) is -1.13. The van der Waals surface area contributed by atoms with Crippen molar-refractivity contribution in [1.29, 1.82) is 5.26 Å². The van der Waals surface area contributed by atoms with Crippen LogP contribution < -0.4 is 0 Å². The number of carboxylic acids is 1. The molecular formula is C10H13NO3. The van der Waals surface area contributed by atoms with Crippen molar-refractivity contribution in [1.82, 2.24) is 0 Å². The number of carbonyl (C=O) groups is 1. The van der Waals surface area contributed by atoms with Crippen LogP contribution in [0.15, 0.2) is 11.8 Å². The predicted octanol–water partition coefficient (Wildman–Crippen LogP) is 1.40. The summed E-state index contributed by atoms with van der Waals surface area (Å²) < 4.78 is 4.78. The molecule has 2 atom stereocenters. The third-order valence-corrected chi connectivity index (χ3v) is 2.84. The van der Waals surface area contributed by atoms with Gasteiger partial charge in [-0.25, -0.2) is 0 Å². The van der Waals surface area contributed by atoms with Crippen molar-refractivity contribution in [3.63, 3.8) is 0 Å². The molecule has 4 nitrogen and oxygen atoms in total. The van der Waals surface area contributed by atoms with E-state index in [9.17, 15) is 4.79 Å². The van der Waals surface area contributed by atoms with E-state index in [0.29, 0.717) is 0 Å². The summed E-state index contributed by atoms with van der Waals surface area (Å²) >= 11 is 0. The van der Waals surface area contributed by atoms with Gasteiger partial charge in [0, 0.05) is 5.92 Å². The fourth-order valence-corrected chi connectivity index (χ4v) is 1.77. The third-order valence-electron chi connectivity index (χ3n) is 2.84. The molecule has 0 aliphatic heterocycles. The molecular weight excluding hydrogens is 182 g/mol. The highest BCUT2D eigenvalue weighted by molar-refractivity contribution is 5.76. The Balaban J connectivity index is 2.80. The summed E-state index contributed by atoms with van der Waals surface area (Å²) in [5, 5.41) is 17.5. The molecule has 1 fully saturated rings. The Morgan fingerprint density at radius 3 is 2.50 bits per heavy atom. The second-order valence-electron chi connectivity index (χ2n) is 4.01. The van der Waals surface area contributed by atoms with Gasteiger partial charge in [0.15, 0.2) is 5.76 Å². The molecule has 14 heavy (non-hydrogen) atoms. The van der Waals surface area contributed by atoms with Crippen LogP contribution in [-0.4, -0.2) is 18.2 Å². The van der Waals surface area contributed by atoms with Crippen LogP contribution in [0.3, 0.4) is 0 Å². The Morgan fingerprint density at radius 2 is 2.21 bits per heavy atom. The first-order valence-electron chi connectivity index (χ1n) is 4.34. The standard InChI is InChI=1S/C10H13NO3/c1-10(2)7(8(10)9(12)13)4-6(5-11)14-3/h4,7-8H,1-3H3,(H,12,13)/b6-4-/t7?,8-/m0/s1. The molecule has 4 heteroatoms. The number of carboxylic acid groups (broad SMARTS) is 1. The molecule has 1 N–H and O–H groups in total. The lowest BCUT2D eigenvalue weighted by Crippen LogP contribution is -2.03. The Morgan fingerprint density at radius 1 is 1.64 bits per heavy atom. The molecule has 0 amide bonds. The quantitative estimate of drug-likeness (QED) is 0.545. The molecule has 0 radical (unpaired) electrons. The molecule has 1 rings (SSSR count). The van der Waals surface area contributed by atoms with Crippen molar-refractivity contribution in [2.24, 2.45) is 17.3 Å². The predicted molar refractivity (Wildman–Crippen MR) is 49.1 cm³/mol. The Bertz CT molecular complexity index is 325.